The summed E-state index contributed by atoms with van der Waals surface area (Å²) >= 11 is 0. The number of allylic oxidation sites excluding steroid dienone is 4. The molecule has 0 aromatic carbocycles. The van der Waals surface area contributed by atoms with E-state index in [0.717, 1.165) is 23.7 Å². The number of hydrogen-bond donors (Lipinski definition) is 0. The van der Waals surface area contributed by atoms with Gasteiger partial charge in [-0.25, -0.2) is 0 Å². The van der Waals surface area contributed by atoms with Crippen LogP contribution in [0.15, 0.2) is 24.3 Å². The third kappa shape index (κ3) is 8.81. The second-order valence-electron chi connectivity index (χ2n) is 12.2. The maximum Gasteiger partial charge on any atom is 0.00124 e. The maximum absolute atomic E-state index is 2.87. The molecule has 6 aliphatic rings. The fraction of sp³-hybridized carbons (Fsp3) is 0.875. The summed E-state index contributed by atoms with van der Waals surface area (Å²) in [6, 6.07) is 0. The van der Waals surface area contributed by atoms with Gasteiger partial charge in [-0.1, -0.05) is 50.0 Å². The van der Waals surface area contributed by atoms with Gasteiger partial charge in [0.2, 0.25) is 0 Å². The van der Waals surface area contributed by atoms with Gasteiger partial charge in [0.1, 0.15) is 0 Å². The molecule has 6 heterocycles. The minimum Gasteiger partial charge on any atom is -0.303 e. The van der Waals surface area contributed by atoms with E-state index in [0.29, 0.717) is 0 Å². The van der Waals surface area contributed by atoms with Crippen LogP contribution in [0.4, 0.5) is 0 Å². The van der Waals surface area contributed by atoms with E-state index in [9.17, 15) is 0 Å². The number of fused-ring (bicyclic) bond motifs is 20. The summed E-state index contributed by atoms with van der Waals surface area (Å²) in [7, 11) is 0. The third-order valence-corrected chi connectivity index (χ3v) is 9.72. The number of hydrogen-bond acceptors (Lipinski definition) is 2. The summed E-state index contributed by atoms with van der Waals surface area (Å²) in [5.74, 6) is 3.95. The van der Waals surface area contributed by atoms with Gasteiger partial charge < -0.3 is 9.80 Å². The predicted molar refractivity (Wildman–Crippen MR) is 148 cm³/mol. The minimum absolute atomic E-state index is 0.962. The molecule has 0 aliphatic carbocycles. The summed E-state index contributed by atoms with van der Waals surface area (Å²) in [5, 5.41) is 0. The minimum atomic E-state index is 0.962. The molecule has 0 aromatic rings. The van der Waals surface area contributed by atoms with Crippen LogP contribution in [-0.2, 0) is 0 Å². The number of rotatable bonds is 0. The summed E-state index contributed by atoms with van der Waals surface area (Å²) < 4.78 is 0. The maximum atomic E-state index is 2.87. The van der Waals surface area contributed by atoms with Gasteiger partial charge in [-0.05, 0) is 140 Å². The first kappa shape index (κ1) is 26.5. The van der Waals surface area contributed by atoms with Gasteiger partial charge in [0.15, 0.2) is 0 Å². The Hall–Kier alpha value is -0.600. The highest BCUT2D eigenvalue weighted by molar-refractivity contribution is 4.92. The molecule has 6 rings (SSSR count). The molecule has 0 radical (unpaired) electrons. The lowest BCUT2D eigenvalue weighted by molar-refractivity contribution is 0.00754. The standard InChI is InChI=1S/C32H56N2/c1-2-5-9-13-17-23-33-25-21-32-30(28-33)20-16-12-8-4-6-10-14-18-24-34-26-22-31(32)29(27-34)19-15-11-7-3-1/h2,4-6,29-32H,1,3,7-28H2/b5-2-,6-4-. The Morgan fingerprint density at radius 2 is 0.794 bits per heavy atom. The third-order valence-electron chi connectivity index (χ3n) is 9.72. The first-order chi connectivity index (χ1) is 16.9. The van der Waals surface area contributed by atoms with Crippen molar-refractivity contribution >= 4 is 0 Å². The van der Waals surface area contributed by atoms with Crippen molar-refractivity contribution in [3.63, 3.8) is 0 Å². The highest BCUT2D eigenvalue weighted by Crippen LogP contribution is 2.42. The first-order valence-electron chi connectivity index (χ1n) is 15.6. The molecular weight excluding hydrogens is 412 g/mol. The molecule has 0 aromatic heterocycles. The molecule has 2 saturated heterocycles. The Balaban J connectivity index is 1.47. The van der Waals surface area contributed by atoms with Crippen LogP contribution in [0, 0.1) is 23.7 Å². The molecule has 6 unspecified atom stereocenters. The van der Waals surface area contributed by atoms with E-state index in [4.69, 9.17) is 0 Å². The van der Waals surface area contributed by atoms with Crippen LogP contribution in [0.25, 0.3) is 0 Å². The van der Waals surface area contributed by atoms with E-state index in [1.807, 2.05) is 0 Å². The van der Waals surface area contributed by atoms with Crippen molar-refractivity contribution in [1.29, 1.82) is 0 Å². The van der Waals surface area contributed by atoms with Gasteiger partial charge in [-0.2, -0.15) is 0 Å². The van der Waals surface area contributed by atoms with Crippen LogP contribution in [-0.4, -0.2) is 49.1 Å². The molecular formula is C32H56N2. The quantitative estimate of drug-likeness (QED) is 0.330. The van der Waals surface area contributed by atoms with Crippen molar-refractivity contribution in [2.45, 2.75) is 116 Å². The summed E-state index contributed by atoms with van der Waals surface area (Å²) in [5.41, 5.74) is 0. The zero-order valence-electron chi connectivity index (χ0n) is 22.5. The molecule has 2 nitrogen and oxygen atoms in total. The summed E-state index contributed by atoms with van der Waals surface area (Å²) in [6.45, 7) is 8.29. The SMILES string of the molecule is C1=C\CCCCN2CCC3C(CCCC/C=C\CCCCN4CCC3C(CCCCCC/1)C4)C2. The van der Waals surface area contributed by atoms with E-state index < -0.39 is 0 Å². The first-order valence-corrected chi connectivity index (χ1v) is 15.6. The average Bonchev–Trinajstić information content (AvgIpc) is 2.85. The summed E-state index contributed by atoms with van der Waals surface area (Å²) in [4.78, 5) is 5.74. The lowest BCUT2D eigenvalue weighted by atomic mass is 9.66. The highest BCUT2D eigenvalue weighted by atomic mass is 15.1. The van der Waals surface area contributed by atoms with Crippen LogP contribution in [0.2, 0.25) is 0 Å². The molecule has 6 aliphatic heterocycles. The predicted octanol–water partition coefficient (Wildman–Crippen LogP) is 8.24. The van der Waals surface area contributed by atoms with Crippen LogP contribution in [0.1, 0.15) is 116 Å². The van der Waals surface area contributed by atoms with Crippen molar-refractivity contribution in [3.8, 4) is 0 Å². The molecule has 6 bridgehead atoms. The zero-order valence-corrected chi connectivity index (χ0v) is 22.5. The molecule has 0 N–H and O–H groups in total. The molecule has 2 fully saturated rings. The lowest BCUT2D eigenvalue weighted by Gasteiger charge is -2.48. The Bertz CT molecular complexity index is 596. The van der Waals surface area contributed by atoms with E-state index >= 15 is 0 Å². The van der Waals surface area contributed by atoms with Crippen molar-refractivity contribution in [3.05, 3.63) is 24.3 Å². The molecule has 0 saturated carbocycles. The highest BCUT2D eigenvalue weighted by Gasteiger charge is 2.39. The fourth-order valence-electron chi connectivity index (χ4n) is 7.75. The van der Waals surface area contributed by atoms with Gasteiger partial charge in [0, 0.05) is 13.1 Å². The number of piperidine rings is 2. The van der Waals surface area contributed by atoms with Crippen molar-refractivity contribution < 1.29 is 0 Å². The Morgan fingerprint density at radius 1 is 0.382 bits per heavy atom. The summed E-state index contributed by atoms with van der Waals surface area (Å²) in [6.07, 6.45) is 35.3. The molecule has 6 atom stereocenters. The van der Waals surface area contributed by atoms with E-state index in [1.54, 1.807) is 0 Å². The van der Waals surface area contributed by atoms with Gasteiger partial charge in [-0.3, -0.25) is 0 Å². The van der Waals surface area contributed by atoms with Crippen LogP contribution in [0.3, 0.4) is 0 Å². The topological polar surface area (TPSA) is 6.48 Å². The van der Waals surface area contributed by atoms with Gasteiger partial charge in [0.05, 0.1) is 0 Å². The van der Waals surface area contributed by atoms with Crippen molar-refractivity contribution in [1.82, 2.24) is 9.80 Å². The van der Waals surface area contributed by atoms with Gasteiger partial charge in [-0.15, -0.1) is 0 Å². The Morgan fingerprint density at radius 3 is 1.32 bits per heavy atom. The fourth-order valence-corrected chi connectivity index (χ4v) is 7.75. The largest absolute Gasteiger partial charge is 0.303 e. The second-order valence-corrected chi connectivity index (χ2v) is 12.2. The Labute approximate surface area is 212 Å². The zero-order chi connectivity index (χ0) is 23.3. The lowest BCUT2D eigenvalue weighted by Crippen LogP contribution is -2.49. The monoisotopic (exact) mass is 468 g/mol. The normalized spacial score (nSPS) is 39.8. The smallest absolute Gasteiger partial charge is 0.00124 e. The van der Waals surface area contributed by atoms with Crippen LogP contribution in [0.5, 0.6) is 0 Å². The van der Waals surface area contributed by atoms with Crippen LogP contribution >= 0.6 is 0 Å². The molecule has 2 heteroatoms. The van der Waals surface area contributed by atoms with Gasteiger partial charge in [0.25, 0.3) is 0 Å². The number of nitrogens with zero attached hydrogens (tertiary/aromatic N) is 2. The molecule has 194 valence electrons. The Kier molecular flexibility index (Phi) is 12.1. The van der Waals surface area contributed by atoms with E-state index in [-0.39, 0.29) is 0 Å². The molecule has 0 spiro atoms. The van der Waals surface area contributed by atoms with Crippen LogP contribution < -0.4 is 0 Å². The van der Waals surface area contributed by atoms with E-state index in [1.165, 1.54) is 155 Å². The average molecular weight is 469 g/mol. The molecule has 34 heavy (non-hydrogen) atoms. The molecule has 0 amide bonds. The van der Waals surface area contributed by atoms with Crippen molar-refractivity contribution in [2.24, 2.45) is 23.7 Å². The van der Waals surface area contributed by atoms with E-state index in [2.05, 4.69) is 34.1 Å². The van der Waals surface area contributed by atoms with Gasteiger partial charge >= 0.3 is 0 Å². The van der Waals surface area contributed by atoms with Crippen molar-refractivity contribution in [2.75, 3.05) is 39.3 Å². The second kappa shape index (κ2) is 15.5.